The van der Waals surface area contributed by atoms with Gasteiger partial charge in [0.2, 0.25) is 0 Å². The number of hydrogen-bond donors (Lipinski definition) is 0. The van der Waals surface area contributed by atoms with Crippen LogP contribution in [0.15, 0.2) is 24.3 Å². The van der Waals surface area contributed by atoms with E-state index in [1.165, 1.54) is 63.5 Å². The summed E-state index contributed by atoms with van der Waals surface area (Å²) in [6.45, 7) is 22.5. The van der Waals surface area contributed by atoms with Crippen LogP contribution in [0.25, 0.3) is 0 Å². The molecule has 2 heterocycles. The number of nitrogens with zero attached hydrogens (tertiary/aromatic N) is 3. The first-order valence-electron chi connectivity index (χ1n) is 10.9. The van der Waals surface area contributed by atoms with Crippen molar-refractivity contribution in [2.75, 3.05) is 45.9 Å². The molecule has 1 aromatic carbocycles. The molecule has 2 aliphatic rings. The lowest BCUT2D eigenvalue weighted by Gasteiger charge is -2.46. The van der Waals surface area contributed by atoms with Crippen LogP contribution in [0.1, 0.15) is 52.7 Å². The van der Waals surface area contributed by atoms with Crippen molar-refractivity contribution in [2.45, 2.75) is 59.9 Å². The Morgan fingerprint density at radius 2 is 1.33 bits per heavy atom. The van der Waals surface area contributed by atoms with Crippen LogP contribution >= 0.6 is 0 Å². The second kappa shape index (κ2) is 8.23. The van der Waals surface area contributed by atoms with Crippen LogP contribution in [-0.2, 0) is 12.8 Å². The molecule has 0 N–H and O–H groups in total. The van der Waals surface area contributed by atoms with Gasteiger partial charge in [-0.2, -0.15) is 0 Å². The molecule has 0 aliphatic carbocycles. The number of hydrogen-bond acceptors (Lipinski definition) is 3. The smallest absolute Gasteiger partial charge is 0.0507 e. The summed E-state index contributed by atoms with van der Waals surface area (Å²) < 4.78 is 0. The molecule has 0 unspecified atom stereocenters. The van der Waals surface area contributed by atoms with E-state index in [1.54, 1.807) is 0 Å². The number of rotatable bonds is 5. The second-order valence-electron chi connectivity index (χ2n) is 11.1. The van der Waals surface area contributed by atoms with Gasteiger partial charge >= 0.3 is 0 Å². The second-order valence-corrected chi connectivity index (χ2v) is 11.1. The molecule has 0 aromatic heterocycles. The number of piperazine rings is 1. The Balaban J connectivity index is 1.36. The summed E-state index contributed by atoms with van der Waals surface area (Å²) in [6.07, 6.45) is 2.40. The minimum atomic E-state index is 0.316. The average molecular weight is 372 g/mol. The zero-order chi connectivity index (χ0) is 19.7. The van der Waals surface area contributed by atoms with Crippen LogP contribution < -0.4 is 0 Å². The van der Waals surface area contributed by atoms with Gasteiger partial charge in [0.15, 0.2) is 0 Å². The molecular formula is C24H41N3. The van der Waals surface area contributed by atoms with Gasteiger partial charge in [0.05, 0.1) is 6.67 Å². The van der Waals surface area contributed by atoms with Gasteiger partial charge in [-0.3, -0.25) is 14.7 Å². The Hall–Kier alpha value is -0.900. The molecule has 2 fully saturated rings. The van der Waals surface area contributed by atoms with Gasteiger partial charge in [-0.1, -0.05) is 45.0 Å². The highest BCUT2D eigenvalue weighted by Gasteiger charge is 2.30. The predicted octanol–water partition coefficient (Wildman–Crippen LogP) is 4.12. The molecule has 2 aliphatic heterocycles. The number of benzene rings is 1. The Labute approximate surface area is 167 Å². The van der Waals surface area contributed by atoms with Gasteiger partial charge < -0.3 is 0 Å². The maximum Gasteiger partial charge on any atom is 0.0507 e. The van der Waals surface area contributed by atoms with Crippen molar-refractivity contribution >= 4 is 0 Å². The van der Waals surface area contributed by atoms with Crippen LogP contribution in [0.5, 0.6) is 0 Å². The average Bonchev–Trinajstić information content (AvgIpc) is 2.53. The highest BCUT2D eigenvalue weighted by molar-refractivity contribution is 5.24. The molecule has 0 bridgehead atoms. The summed E-state index contributed by atoms with van der Waals surface area (Å²) in [5.41, 5.74) is 3.66. The van der Waals surface area contributed by atoms with Crippen LogP contribution in [0, 0.1) is 11.3 Å². The summed E-state index contributed by atoms with van der Waals surface area (Å²) in [5.74, 6) is 0.842. The SMILES string of the molecule is CC(C)(C)Cc1ccc(CC2CN(CN3CCN(C(C)(C)C)CC3)C2)cc1. The van der Waals surface area contributed by atoms with Crippen LogP contribution in [-0.4, -0.2) is 66.2 Å². The Morgan fingerprint density at radius 3 is 1.85 bits per heavy atom. The van der Waals surface area contributed by atoms with Crippen LogP contribution in [0.4, 0.5) is 0 Å². The zero-order valence-electron chi connectivity index (χ0n) is 18.6. The molecule has 1 aromatic rings. The minimum absolute atomic E-state index is 0.316. The van der Waals surface area contributed by atoms with Crippen molar-refractivity contribution in [1.82, 2.24) is 14.7 Å². The van der Waals surface area contributed by atoms with Crippen molar-refractivity contribution in [2.24, 2.45) is 11.3 Å². The van der Waals surface area contributed by atoms with Crippen molar-refractivity contribution in [3.05, 3.63) is 35.4 Å². The van der Waals surface area contributed by atoms with E-state index in [9.17, 15) is 0 Å². The van der Waals surface area contributed by atoms with Gasteiger partial charge in [-0.15, -0.1) is 0 Å². The summed E-state index contributed by atoms with van der Waals surface area (Å²) in [5, 5.41) is 0. The summed E-state index contributed by atoms with van der Waals surface area (Å²) in [4.78, 5) is 7.89. The van der Waals surface area contributed by atoms with Crippen LogP contribution in [0.3, 0.4) is 0 Å². The highest BCUT2D eigenvalue weighted by atomic mass is 15.4. The lowest BCUT2D eigenvalue weighted by atomic mass is 9.87. The third-order valence-electron chi connectivity index (χ3n) is 6.04. The summed E-state index contributed by atoms with van der Waals surface area (Å²) in [7, 11) is 0. The fraction of sp³-hybridized carbons (Fsp3) is 0.750. The summed E-state index contributed by atoms with van der Waals surface area (Å²) in [6, 6.07) is 9.39. The molecule has 3 heteroatoms. The first-order valence-corrected chi connectivity index (χ1v) is 10.9. The standard InChI is InChI=1S/C24H41N3/c1-23(2,3)16-21-9-7-20(8-10-21)15-22-17-26(18-22)19-25-11-13-27(14-12-25)24(4,5)6/h7-10,22H,11-19H2,1-6H3. The normalized spacial score (nSPS) is 21.4. The van der Waals surface area contributed by atoms with Crippen molar-refractivity contribution in [3.63, 3.8) is 0 Å². The monoisotopic (exact) mass is 371 g/mol. The van der Waals surface area contributed by atoms with Gasteiger partial charge in [-0.25, -0.2) is 0 Å². The van der Waals surface area contributed by atoms with E-state index in [0.717, 1.165) is 12.3 Å². The van der Waals surface area contributed by atoms with Gasteiger partial charge in [0.1, 0.15) is 0 Å². The van der Waals surface area contributed by atoms with E-state index in [0.29, 0.717) is 11.0 Å². The molecule has 0 amide bonds. The lowest BCUT2D eigenvalue weighted by molar-refractivity contribution is -0.00355. The Morgan fingerprint density at radius 1 is 0.778 bits per heavy atom. The number of likely N-dealkylation sites (tertiary alicyclic amines) is 1. The van der Waals surface area contributed by atoms with Gasteiger partial charge in [-0.05, 0) is 56.1 Å². The van der Waals surface area contributed by atoms with Crippen molar-refractivity contribution < 1.29 is 0 Å². The van der Waals surface area contributed by atoms with E-state index in [4.69, 9.17) is 0 Å². The van der Waals surface area contributed by atoms with E-state index < -0.39 is 0 Å². The maximum atomic E-state index is 2.64. The predicted molar refractivity (Wildman–Crippen MR) is 116 cm³/mol. The fourth-order valence-electron chi connectivity index (χ4n) is 4.50. The molecule has 0 spiro atoms. The molecular weight excluding hydrogens is 330 g/mol. The third kappa shape index (κ3) is 6.30. The van der Waals surface area contributed by atoms with E-state index >= 15 is 0 Å². The Kier molecular flexibility index (Phi) is 6.34. The summed E-state index contributed by atoms with van der Waals surface area (Å²) >= 11 is 0. The minimum Gasteiger partial charge on any atom is -0.296 e. The Bertz CT molecular complexity index is 580. The molecule has 152 valence electrons. The molecule has 0 saturated carbocycles. The molecule has 0 atom stereocenters. The highest BCUT2D eigenvalue weighted by Crippen LogP contribution is 2.24. The molecule has 27 heavy (non-hydrogen) atoms. The molecule has 0 radical (unpaired) electrons. The van der Waals surface area contributed by atoms with Crippen molar-refractivity contribution in [3.8, 4) is 0 Å². The molecule has 3 nitrogen and oxygen atoms in total. The van der Waals surface area contributed by atoms with E-state index in [-0.39, 0.29) is 0 Å². The topological polar surface area (TPSA) is 9.72 Å². The fourth-order valence-corrected chi connectivity index (χ4v) is 4.50. The first-order chi connectivity index (χ1) is 12.6. The molecule has 3 rings (SSSR count). The third-order valence-corrected chi connectivity index (χ3v) is 6.04. The molecule has 2 saturated heterocycles. The maximum absolute atomic E-state index is 2.64. The largest absolute Gasteiger partial charge is 0.296 e. The van der Waals surface area contributed by atoms with E-state index in [1.807, 2.05) is 0 Å². The quantitative estimate of drug-likeness (QED) is 0.771. The lowest BCUT2D eigenvalue weighted by Crippen LogP contribution is -2.58. The van der Waals surface area contributed by atoms with Crippen molar-refractivity contribution in [1.29, 1.82) is 0 Å². The first kappa shape index (κ1) is 20.8. The van der Waals surface area contributed by atoms with E-state index in [2.05, 4.69) is 80.5 Å². The zero-order valence-corrected chi connectivity index (χ0v) is 18.6. The van der Waals surface area contributed by atoms with Gasteiger partial charge in [0.25, 0.3) is 0 Å². The van der Waals surface area contributed by atoms with Gasteiger partial charge in [0, 0.05) is 44.8 Å². The van der Waals surface area contributed by atoms with Crippen LogP contribution in [0.2, 0.25) is 0 Å².